The number of morpholine rings is 1. The Kier molecular flexibility index (Phi) is 10.9. The van der Waals surface area contributed by atoms with Gasteiger partial charge in [-0.1, -0.05) is 18.2 Å². The van der Waals surface area contributed by atoms with Crippen LogP contribution in [-0.2, 0) is 30.8 Å². The molecule has 7 rings (SSSR count). The molecule has 55 heavy (non-hydrogen) atoms. The number of hydrogen-bond donors (Lipinski definition) is 1. The van der Waals surface area contributed by atoms with Gasteiger partial charge in [0, 0.05) is 57.2 Å². The van der Waals surface area contributed by atoms with Crippen molar-refractivity contribution in [3.05, 3.63) is 76.2 Å². The third-order valence-electron chi connectivity index (χ3n) is 11.1. The second-order valence-electron chi connectivity index (χ2n) is 15.0. The molecule has 3 aliphatic rings. The predicted octanol–water partition coefficient (Wildman–Crippen LogP) is 4.76. The van der Waals surface area contributed by atoms with Crippen LogP contribution in [0.25, 0.3) is 5.65 Å². The highest BCUT2D eigenvalue weighted by Gasteiger charge is 2.46. The number of carbonyl (C=O) groups is 1. The van der Waals surface area contributed by atoms with Gasteiger partial charge in [0.2, 0.25) is 27.6 Å². The minimum Gasteiger partial charge on any atom is -0.481 e. The van der Waals surface area contributed by atoms with Crippen LogP contribution in [0.1, 0.15) is 72.7 Å². The van der Waals surface area contributed by atoms with Crippen LogP contribution in [0.3, 0.4) is 0 Å². The summed E-state index contributed by atoms with van der Waals surface area (Å²) in [6.45, 7) is 11.5. The monoisotopic (exact) mass is 784 g/mol. The molecule has 1 atom stereocenters. The number of carboxylic acid groups (broad SMARTS) is 1. The minimum atomic E-state index is -4.17. The van der Waals surface area contributed by atoms with Crippen molar-refractivity contribution in [1.29, 1.82) is 0 Å². The molecule has 14 nitrogen and oxygen atoms in total. The lowest BCUT2D eigenvalue weighted by atomic mass is 9.70. The molecule has 2 saturated heterocycles. The molecule has 2 fully saturated rings. The number of pyridine rings is 2. The number of sulfonamides is 1. The zero-order valence-electron chi connectivity index (χ0n) is 31.3. The van der Waals surface area contributed by atoms with Crippen LogP contribution < -0.4 is 9.47 Å². The van der Waals surface area contributed by atoms with Gasteiger partial charge in [-0.15, -0.1) is 10.2 Å². The smallest absolute Gasteiger partial charge is 0.310 e. The number of aliphatic carboxylic acids is 1. The number of hydrogen-bond acceptors (Lipinski definition) is 11. The zero-order valence-corrected chi connectivity index (χ0v) is 32.2. The number of rotatable bonds is 11. The molecular weight excluding hydrogens is 739 g/mol. The number of ether oxygens (including phenoxy) is 4. The van der Waals surface area contributed by atoms with E-state index in [0.717, 1.165) is 18.7 Å². The summed E-state index contributed by atoms with van der Waals surface area (Å²) in [7, 11) is -4.17. The minimum absolute atomic E-state index is 0.0173. The molecule has 3 aromatic heterocycles. The third-order valence-corrected chi connectivity index (χ3v) is 12.9. The van der Waals surface area contributed by atoms with E-state index in [1.807, 2.05) is 25.1 Å². The second kappa shape index (κ2) is 15.3. The third kappa shape index (κ3) is 7.64. The number of benzene rings is 1. The first-order chi connectivity index (χ1) is 26.2. The van der Waals surface area contributed by atoms with E-state index in [9.17, 15) is 27.1 Å². The molecular formula is C38H46F2N6O8S. The number of halogens is 2. The fraction of sp³-hybridized carbons (Fsp3) is 0.526. The van der Waals surface area contributed by atoms with Crippen LogP contribution in [0.5, 0.6) is 11.8 Å². The molecule has 0 radical (unpaired) electrons. The Morgan fingerprint density at radius 3 is 2.47 bits per heavy atom. The highest BCUT2D eigenvalue weighted by atomic mass is 32.2. The summed E-state index contributed by atoms with van der Waals surface area (Å²) < 4.78 is 82.8. The Labute approximate surface area is 318 Å². The van der Waals surface area contributed by atoms with Gasteiger partial charge in [-0.2, -0.15) is 9.29 Å². The first-order valence-electron chi connectivity index (χ1n) is 18.4. The number of aryl methyl sites for hydroxylation is 2. The average Bonchev–Trinajstić information content (AvgIpc) is 3.57. The van der Waals surface area contributed by atoms with Crippen molar-refractivity contribution in [3.8, 4) is 11.8 Å². The average molecular weight is 785 g/mol. The van der Waals surface area contributed by atoms with Gasteiger partial charge >= 0.3 is 5.97 Å². The van der Waals surface area contributed by atoms with Gasteiger partial charge in [0.15, 0.2) is 5.65 Å². The number of nitrogens with zero attached hydrogens (tertiary/aromatic N) is 6. The van der Waals surface area contributed by atoms with Crippen molar-refractivity contribution in [1.82, 2.24) is 28.8 Å². The van der Waals surface area contributed by atoms with Gasteiger partial charge in [-0.25, -0.2) is 17.2 Å². The summed E-state index contributed by atoms with van der Waals surface area (Å²) in [5.74, 6) is -2.12. The summed E-state index contributed by atoms with van der Waals surface area (Å²) in [6, 6.07) is 10.2. The van der Waals surface area contributed by atoms with Gasteiger partial charge in [-0.3, -0.25) is 14.1 Å². The molecule has 1 N–H and O–H groups in total. The molecule has 6 heterocycles. The molecule has 0 saturated carbocycles. The van der Waals surface area contributed by atoms with Gasteiger partial charge < -0.3 is 24.1 Å². The van der Waals surface area contributed by atoms with E-state index < -0.39 is 45.2 Å². The molecule has 1 aromatic carbocycles. The fourth-order valence-electron chi connectivity index (χ4n) is 7.71. The van der Waals surface area contributed by atoms with Crippen molar-refractivity contribution < 1.29 is 46.0 Å². The van der Waals surface area contributed by atoms with Crippen LogP contribution in [0, 0.1) is 19.3 Å². The highest BCUT2D eigenvalue weighted by molar-refractivity contribution is 7.89. The largest absolute Gasteiger partial charge is 0.481 e. The Morgan fingerprint density at radius 2 is 1.76 bits per heavy atom. The van der Waals surface area contributed by atoms with Crippen LogP contribution in [0.15, 0.2) is 47.5 Å². The Bertz CT molecular complexity index is 2170. The van der Waals surface area contributed by atoms with Crippen molar-refractivity contribution in [2.75, 3.05) is 59.2 Å². The van der Waals surface area contributed by atoms with Gasteiger partial charge in [0.1, 0.15) is 17.1 Å². The summed E-state index contributed by atoms with van der Waals surface area (Å²) >= 11 is 0. The predicted molar refractivity (Wildman–Crippen MR) is 195 cm³/mol. The van der Waals surface area contributed by atoms with Crippen LogP contribution >= 0.6 is 0 Å². The number of fused-ring (bicyclic) bond motifs is 2. The fourth-order valence-corrected chi connectivity index (χ4v) is 9.25. The van der Waals surface area contributed by atoms with Crippen LogP contribution in [-0.4, -0.2) is 113 Å². The molecule has 0 aliphatic carbocycles. The standard InChI is InChI=1S/C38H46F2N6O8S/c1-24-5-6-26(31(37(3,4)36(47)48)28-9-12-46-33(25(28)2)42-43-34(46)32(39)40)21-27(24)22-45-23-38(10-16-51-17-11-38)54-35-29(55(45,49)50)7-8-30(41-35)53-20-15-44-13-18-52-19-14-44/h5-9,12,21,31-32H,10-11,13-20,22-23H2,1-4H3,(H,47,48)/t31-/m1/s1. The lowest BCUT2D eigenvalue weighted by Crippen LogP contribution is -2.50. The molecule has 0 amide bonds. The zero-order chi connectivity index (χ0) is 39.1. The lowest BCUT2D eigenvalue weighted by Gasteiger charge is -2.38. The molecule has 0 unspecified atom stereocenters. The summed E-state index contributed by atoms with van der Waals surface area (Å²) in [4.78, 5) is 19.6. The van der Waals surface area contributed by atoms with E-state index in [0.29, 0.717) is 74.7 Å². The van der Waals surface area contributed by atoms with Crippen molar-refractivity contribution in [2.24, 2.45) is 5.41 Å². The van der Waals surface area contributed by atoms with Gasteiger partial charge in [0.05, 0.1) is 38.4 Å². The van der Waals surface area contributed by atoms with E-state index in [-0.39, 0.29) is 35.4 Å². The normalized spacial score (nSPS) is 19.5. The summed E-state index contributed by atoms with van der Waals surface area (Å²) in [5, 5.41) is 18.2. The van der Waals surface area contributed by atoms with E-state index in [1.165, 1.54) is 21.0 Å². The molecule has 17 heteroatoms. The molecule has 3 aliphatic heterocycles. The maximum absolute atomic E-state index is 14.6. The Morgan fingerprint density at radius 1 is 1.04 bits per heavy atom. The van der Waals surface area contributed by atoms with E-state index in [4.69, 9.17) is 18.9 Å². The molecule has 4 aromatic rings. The maximum Gasteiger partial charge on any atom is 0.310 e. The maximum atomic E-state index is 14.6. The number of carboxylic acids is 1. The lowest BCUT2D eigenvalue weighted by molar-refractivity contribution is -0.147. The van der Waals surface area contributed by atoms with E-state index in [2.05, 4.69) is 20.1 Å². The van der Waals surface area contributed by atoms with Crippen molar-refractivity contribution in [3.63, 3.8) is 0 Å². The van der Waals surface area contributed by atoms with Gasteiger partial charge in [0.25, 0.3) is 6.43 Å². The van der Waals surface area contributed by atoms with Crippen LogP contribution in [0.2, 0.25) is 0 Å². The second-order valence-corrected chi connectivity index (χ2v) is 16.9. The first kappa shape index (κ1) is 39.0. The Hall–Kier alpha value is -4.29. The quantitative estimate of drug-likeness (QED) is 0.223. The van der Waals surface area contributed by atoms with Crippen LogP contribution in [0.4, 0.5) is 8.78 Å². The summed E-state index contributed by atoms with van der Waals surface area (Å²) in [6.07, 6.45) is -0.542. The van der Waals surface area contributed by atoms with E-state index in [1.54, 1.807) is 32.9 Å². The highest BCUT2D eigenvalue weighted by Crippen LogP contribution is 2.45. The van der Waals surface area contributed by atoms with Crippen molar-refractivity contribution >= 4 is 21.6 Å². The SMILES string of the molecule is Cc1ccc([C@H](c2ccn3c(C(F)F)nnc3c2C)C(C)(C)C(=O)O)cc1CN1CC2(CCOCC2)Oc2nc(OCCN3CCOCC3)ccc2S1(=O)=O. The number of alkyl halides is 2. The van der Waals surface area contributed by atoms with E-state index >= 15 is 0 Å². The molecule has 0 bridgehead atoms. The number of aromatic nitrogens is 4. The topological polar surface area (TPSA) is 158 Å². The molecule has 1 spiro atoms. The molecule has 296 valence electrons. The van der Waals surface area contributed by atoms with Gasteiger partial charge in [-0.05, 0) is 67.6 Å². The Balaban J connectivity index is 1.24. The summed E-state index contributed by atoms with van der Waals surface area (Å²) in [5.41, 5.74) is 1.04. The van der Waals surface area contributed by atoms with Crippen molar-refractivity contribution in [2.45, 2.75) is 69.9 Å². The first-order valence-corrected chi connectivity index (χ1v) is 19.8.